The second-order valence-electron chi connectivity index (χ2n) is 9.13. The highest BCUT2D eigenvalue weighted by molar-refractivity contribution is 5.54. The van der Waals surface area contributed by atoms with Crippen molar-refractivity contribution < 1.29 is 13.2 Å². The largest absolute Gasteiger partial charge is 0.247 e. The molecule has 33 heavy (non-hydrogen) atoms. The summed E-state index contributed by atoms with van der Waals surface area (Å²) in [7, 11) is 0. The maximum Gasteiger partial charge on any atom is 0.134 e. The van der Waals surface area contributed by atoms with Crippen LogP contribution in [0.2, 0.25) is 0 Å². The first kappa shape index (κ1) is 25.2. The van der Waals surface area contributed by atoms with Crippen molar-refractivity contribution in [3.05, 3.63) is 76.4 Å². The number of benzene rings is 2. The molecular formula is C30H35F3. The van der Waals surface area contributed by atoms with Gasteiger partial charge in [0.15, 0.2) is 0 Å². The molecule has 2 aromatic carbocycles. The minimum atomic E-state index is -0.658. The molecule has 0 unspecified atom stereocenters. The summed E-state index contributed by atoms with van der Waals surface area (Å²) in [6, 6.07) is 10.5. The van der Waals surface area contributed by atoms with Crippen LogP contribution in [0.4, 0.5) is 13.2 Å². The van der Waals surface area contributed by atoms with Crippen molar-refractivity contribution in [2.75, 3.05) is 0 Å². The van der Waals surface area contributed by atoms with Crippen molar-refractivity contribution in [2.24, 2.45) is 0 Å². The van der Waals surface area contributed by atoms with Crippen LogP contribution in [-0.4, -0.2) is 6.17 Å². The third-order valence-electron chi connectivity index (χ3n) is 6.48. The lowest BCUT2D eigenvalue weighted by molar-refractivity contribution is 0.235. The highest BCUT2D eigenvalue weighted by Crippen LogP contribution is 2.34. The Morgan fingerprint density at radius 2 is 1.42 bits per heavy atom. The Balaban J connectivity index is 1.55. The highest BCUT2D eigenvalue weighted by Gasteiger charge is 2.21. The minimum absolute atomic E-state index is 0.00103. The van der Waals surface area contributed by atoms with Crippen molar-refractivity contribution in [3.8, 4) is 11.8 Å². The van der Waals surface area contributed by atoms with Crippen LogP contribution in [0.25, 0.3) is 6.08 Å². The van der Waals surface area contributed by atoms with E-state index in [1.54, 1.807) is 6.08 Å². The molecule has 0 saturated heterocycles. The summed E-state index contributed by atoms with van der Waals surface area (Å²) in [4.78, 5) is 0. The van der Waals surface area contributed by atoms with Crippen LogP contribution in [0.3, 0.4) is 0 Å². The quantitative estimate of drug-likeness (QED) is 0.263. The van der Waals surface area contributed by atoms with E-state index in [0.29, 0.717) is 24.3 Å². The molecular weight excluding hydrogens is 417 g/mol. The molecule has 1 aliphatic carbocycles. The molecule has 0 nitrogen and oxygen atoms in total. The number of rotatable bonds is 9. The van der Waals surface area contributed by atoms with E-state index in [9.17, 15) is 13.2 Å². The fraction of sp³-hybridized carbons (Fsp3) is 0.467. The van der Waals surface area contributed by atoms with Crippen LogP contribution in [0.5, 0.6) is 0 Å². The van der Waals surface area contributed by atoms with Gasteiger partial charge in [-0.3, -0.25) is 0 Å². The molecule has 2 aromatic rings. The number of alkyl halides is 1. The van der Waals surface area contributed by atoms with E-state index < -0.39 is 17.8 Å². The Morgan fingerprint density at radius 3 is 2.09 bits per heavy atom. The molecule has 1 saturated carbocycles. The van der Waals surface area contributed by atoms with Gasteiger partial charge in [0.25, 0.3) is 0 Å². The summed E-state index contributed by atoms with van der Waals surface area (Å²) >= 11 is 0. The van der Waals surface area contributed by atoms with Crippen molar-refractivity contribution in [2.45, 2.75) is 89.6 Å². The molecule has 0 spiro atoms. The molecule has 0 atom stereocenters. The van der Waals surface area contributed by atoms with Crippen LogP contribution < -0.4 is 0 Å². The third-order valence-corrected chi connectivity index (χ3v) is 6.48. The van der Waals surface area contributed by atoms with Crippen LogP contribution in [0.15, 0.2) is 42.5 Å². The molecule has 0 amide bonds. The lowest BCUT2D eigenvalue weighted by Gasteiger charge is -2.24. The first-order valence-electron chi connectivity index (χ1n) is 12.5. The van der Waals surface area contributed by atoms with Crippen LogP contribution in [0.1, 0.15) is 106 Å². The predicted molar refractivity (Wildman–Crippen MR) is 132 cm³/mol. The molecule has 3 rings (SSSR count). The van der Waals surface area contributed by atoms with Gasteiger partial charge in [-0.15, -0.1) is 0 Å². The molecule has 0 radical (unpaired) electrons. The van der Waals surface area contributed by atoms with Gasteiger partial charge in [0.1, 0.15) is 17.8 Å². The van der Waals surface area contributed by atoms with Crippen molar-refractivity contribution in [3.63, 3.8) is 0 Å². The van der Waals surface area contributed by atoms with E-state index in [2.05, 4.69) is 18.8 Å². The Morgan fingerprint density at radius 1 is 0.818 bits per heavy atom. The molecule has 0 aromatic heterocycles. The number of halogens is 3. The molecule has 176 valence electrons. The van der Waals surface area contributed by atoms with Gasteiger partial charge in [-0.25, -0.2) is 13.2 Å². The van der Waals surface area contributed by atoms with Gasteiger partial charge in [0, 0.05) is 16.7 Å². The van der Waals surface area contributed by atoms with Gasteiger partial charge in [-0.2, -0.15) is 0 Å². The first-order chi connectivity index (χ1) is 16.1. The minimum Gasteiger partial charge on any atom is -0.247 e. The smallest absolute Gasteiger partial charge is 0.134 e. The molecule has 0 aliphatic heterocycles. The Kier molecular flexibility index (Phi) is 10.1. The average Bonchev–Trinajstić information content (AvgIpc) is 2.82. The number of unbranched alkanes of at least 4 members (excludes halogenated alkanes) is 6. The SMILES string of the molecule is CCCCCCCC/C=C/c1c(F)cc(C#Cc2ccc(C3CCC(F)CC3)cc2)cc1F. The summed E-state index contributed by atoms with van der Waals surface area (Å²) in [5.74, 6) is 5.10. The molecule has 3 heteroatoms. The number of hydrogen-bond acceptors (Lipinski definition) is 0. The average molecular weight is 453 g/mol. The van der Waals surface area contributed by atoms with E-state index in [4.69, 9.17) is 0 Å². The van der Waals surface area contributed by atoms with Gasteiger partial charge < -0.3 is 0 Å². The zero-order valence-electron chi connectivity index (χ0n) is 19.7. The lowest BCUT2D eigenvalue weighted by Crippen LogP contribution is -2.13. The zero-order valence-corrected chi connectivity index (χ0v) is 19.7. The second kappa shape index (κ2) is 13.3. The predicted octanol–water partition coefficient (Wildman–Crippen LogP) is 9.12. The van der Waals surface area contributed by atoms with Crippen LogP contribution in [-0.2, 0) is 0 Å². The Labute approximate surface area is 197 Å². The van der Waals surface area contributed by atoms with Gasteiger partial charge in [0.05, 0.1) is 0 Å². The highest BCUT2D eigenvalue weighted by atomic mass is 19.1. The normalized spacial score (nSPS) is 18.3. The van der Waals surface area contributed by atoms with Crippen molar-refractivity contribution in [1.82, 2.24) is 0 Å². The van der Waals surface area contributed by atoms with E-state index in [0.717, 1.165) is 37.7 Å². The Hall–Kier alpha value is -2.47. The van der Waals surface area contributed by atoms with Gasteiger partial charge >= 0.3 is 0 Å². The third kappa shape index (κ3) is 8.11. The number of allylic oxidation sites excluding steroid dienone is 1. The molecule has 0 heterocycles. The fourth-order valence-corrected chi connectivity index (χ4v) is 4.43. The van der Waals surface area contributed by atoms with E-state index in [-0.39, 0.29) is 5.56 Å². The molecule has 0 bridgehead atoms. The van der Waals surface area contributed by atoms with Crippen molar-refractivity contribution >= 4 is 6.08 Å². The van der Waals surface area contributed by atoms with E-state index in [1.165, 1.54) is 43.4 Å². The Bertz CT molecular complexity index is 931. The summed E-state index contributed by atoms with van der Waals surface area (Å²) in [6.07, 6.45) is 13.8. The maximum atomic E-state index is 14.5. The maximum absolute atomic E-state index is 14.5. The van der Waals surface area contributed by atoms with Crippen LogP contribution >= 0.6 is 0 Å². The summed E-state index contributed by atoms with van der Waals surface area (Å²) < 4.78 is 42.2. The van der Waals surface area contributed by atoms with Gasteiger partial charge in [-0.1, -0.05) is 75.2 Å². The molecule has 1 fully saturated rings. The summed E-state index contributed by atoms with van der Waals surface area (Å²) in [5, 5.41) is 0. The van der Waals surface area contributed by atoms with Gasteiger partial charge in [0.2, 0.25) is 0 Å². The summed E-state index contributed by atoms with van der Waals surface area (Å²) in [5.41, 5.74) is 2.32. The molecule has 1 aliphatic rings. The second-order valence-corrected chi connectivity index (χ2v) is 9.13. The standard InChI is InChI=1S/C30H35F3/c1-2-3-4-5-6-7-8-9-10-28-29(32)21-24(22-30(28)33)12-11-23-13-15-25(16-14-23)26-17-19-27(31)20-18-26/h9-10,13-16,21-22,26-27H,2-8,17-20H2,1H3/b10-9+. The summed E-state index contributed by atoms with van der Waals surface area (Å²) in [6.45, 7) is 2.20. The fourth-order valence-electron chi connectivity index (χ4n) is 4.43. The van der Waals surface area contributed by atoms with E-state index >= 15 is 0 Å². The number of hydrogen-bond donors (Lipinski definition) is 0. The van der Waals surface area contributed by atoms with Crippen molar-refractivity contribution in [1.29, 1.82) is 0 Å². The first-order valence-corrected chi connectivity index (χ1v) is 12.5. The van der Waals surface area contributed by atoms with Crippen LogP contribution in [0, 0.1) is 23.5 Å². The molecule has 0 N–H and O–H groups in total. The lowest BCUT2D eigenvalue weighted by atomic mass is 9.83. The topological polar surface area (TPSA) is 0 Å². The van der Waals surface area contributed by atoms with Gasteiger partial charge in [-0.05, 0) is 74.3 Å². The monoisotopic (exact) mass is 452 g/mol. The van der Waals surface area contributed by atoms with E-state index in [1.807, 2.05) is 30.3 Å². The zero-order chi connectivity index (χ0) is 23.5.